The Balaban J connectivity index is 2.69. The van der Waals surface area contributed by atoms with Crippen LogP contribution in [0.25, 0.3) is 0 Å². The molecule has 0 amide bonds. The summed E-state index contributed by atoms with van der Waals surface area (Å²) in [7, 11) is 0. The maximum Gasteiger partial charge on any atom is 0.357 e. The largest absolute Gasteiger partial charge is 0.461 e. The minimum atomic E-state index is -0.416. The third-order valence-corrected chi connectivity index (χ3v) is 1.68. The average Bonchev–Trinajstić information content (AvgIpc) is 2.36. The van der Waals surface area contributed by atoms with Gasteiger partial charge in [0, 0.05) is 12.3 Å². The average molecular weight is 169 g/mol. The van der Waals surface area contributed by atoms with E-state index in [0.29, 0.717) is 11.6 Å². The summed E-state index contributed by atoms with van der Waals surface area (Å²) in [6.45, 7) is 7.41. The van der Waals surface area contributed by atoms with Gasteiger partial charge in [-0.3, -0.25) is 0 Å². The monoisotopic (exact) mass is 169 g/mol. The maximum absolute atomic E-state index is 10.9. The molecule has 2 radical (unpaired) electrons. The summed E-state index contributed by atoms with van der Waals surface area (Å²) in [4.78, 5) is 14.7. The molecule has 0 aliphatic rings. The molecular formula is C7H7NO2S. The zero-order valence-corrected chi connectivity index (χ0v) is 6.85. The van der Waals surface area contributed by atoms with E-state index < -0.39 is 5.97 Å². The summed E-state index contributed by atoms with van der Waals surface area (Å²) >= 11 is 1.22. The predicted octanol–water partition coefficient (Wildman–Crippen LogP) is 1.38. The van der Waals surface area contributed by atoms with Crippen LogP contribution in [0, 0.1) is 6.92 Å². The SMILES string of the molecule is [CH]c1nc(C(=O)OCC)cs1. The molecule has 4 heteroatoms. The summed E-state index contributed by atoms with van der Waals surface area (Å²) in [6.07, 6.45) is 0. The van der Waals surface area contributed by atoms with Gasteiger partial charge in [0.2, 0.25) is 0 Å². The minimum Gasteiger partial charge on any atom is -0.461 e. The number of nitrogens with zero attached hydrogens (tertiary/aromatic N) is 1. The number of thiazole rings is 1. The second-order valence-electron chi connectivity index (χ2n) is 1.79. The fourth-order valence-corrected chi connectivity index (χ4v) is 1.12. The number of hydrogen-bond donors (Lipinski definition) is 0. The van der Waals surface area contributed by atoms with E-state index in [1.165, 1.54) is 11.3 Å². The first kappa shape index (κ1) is 8.20. The molecule has 0 aromatic carbocycles. The number of aromatic nitrogens is 1. The summed E-state index contributed by atoms with van der Waals surface area (Å²) in [5, 5.41) is 1.96. The lowest BCUT2D eigenvalue weighted by atomic mass is 10.5. The van der Waals surface area contributed by atoms with Crippen molar-refractivity contribution in [1.29, 1.82) is 0 Å². The standard InChI is InChI=1S/C7H7NO2S/c1-3-10-7(9)6-4-11-5(2)8-6/h2,4H,3H2,1H3. The van der Waals surface area contributed by atoms with E-state index in [1.54, 1.807) is 12.3 Å². The van der Waals surface area contributed by atoms with Crippen LogP contribution in [0.4, 0.5) is 0 Å². The summed E-state index contributed by atoms with van der Waals surface area (Å²) in [6, 6.07) is 0. The Bertz CT molecular complexity index is 257. The molecule has 0 N–H and O–H groups in total. The summed E-state index contributed by atoms with van der Waals surface area (Å²) in [5.41, 5.74) is 0.286. The molecule has 0 atom stereocenters. The maximum atomic E-state index is 10.9. The molecule has 0 spiro atoms. The van der Waals surface area contributed by atoms with E-state index >= 15 is 0 Å². The molecular weight excluding hydrogens is 162 g/mol. The van der Waals surface area contributed by atoms with Crippen molar-refractivity contribution in [3.63, 3.8) is 0 Å². The van der Waals surface area contributed by atoms with E-state index in [0.717, 1.165) is 0 Å². The van der Waals surface area contributed by atoms with Gasteiger partial charge in [-0.25, -0.2) is 9.78 Å². The smallest absolute Gasteiger partial charge is 0.357 e. The van der Waals surface area contributed by atoms with Crippen molar-refractivity contribution in [3.8, 4) is 0 Å². The van der Waals surface area contributed by atoms with E-state index in [9.17, 15) is 4.79 Å². The van der Waals surface area contributed by atoms with Crippen molar-refractivity contribution in [1.82, 2.24) is 4.98 Å². The van der Waals surface area contributed by atoms with Gasteiger partial charge < -0.3 is 4.74 Å². The van der Waals surface area contributed by atoms with E-state index in [2.05, 4.69) is 4.98 Å². The Morgan fingerprint density at radius 1 is 1.91 bits per heavy atom. The molecule has 1 heterocycles. The molecule has 0 saturated heterocycles. The predicted molar refractivity (Wildman–Crippen MR) is 41.5 cm³/mol. The molecule has 0 bridgehead atoms. The number of ether oxygens (including phenoxy) is 1. The highest BCUT2D eigenvalue weighted by atomic mass is 32.1. The van der Waals surface area contributed by atoms with Gasteiger partial charge in [0.05, 0.1) is 11.6 Å². The van der Waals surface area contributed by atoms with Gasteiger partial charge in [0.25, 0.3) is 0 Å². The lowest BCUT2D eigenvalue weighted by molar-refractivity contribution is 0.0520. The Morgan fingerprint density at radius 3 is 3.09 bits per heavy atom. The molecule has 58 valence electrons. The molecule has 1 aromatic rings. The molecule has 0 aliphatic heterocycles. The van der Waals surface area contributed by atoms with Gasteiger partial charge in [-0.15, -0.1) is 11.3 Å². The number of carbonyl (C=O) groups is 1. The van der Waals surface area contributed by atoms with Crippen LogP contribution in [0.2, 0.25) is 0 Å². The first-order chi connectivity index (χ1) is 5.24. The highest BCUT2D eigenvalue weighted by molar-refractivity contribution is 7.10. The van der Waals surface area contributed by atoms with Crippen LogP contribution in [0.1, 0.15) is 22.4 Å². The van der Waals surface area contributed by atoms with Crippen molar-refractivity contribution >= 4 is 17.3 Å². The summed E-state index contributed by atoms with van der Waals surface area (Å²) < 4.78 is 4.69. The minimum absolute atomic E-state index is 0.286. The quantitative estimate of drug-likeness (QED) is 0.628. The van der Waals surface area contributed by atoms with Crippen LogP contribution >= 0.6 is 11.3 Å². The molecule has 3 nitrogen and oxygen atoms in total. The van der Waals surface area contributed by atoms with Crippen molar-refractivity contribution in [3.05, 3.63) is 23.0 Å². The first-order valence-corrected chi connectivity index (χ1v) is 4.00. The Morgan fingerprint density at radius 2 is 2.64 bits per heavy atom. The number of carbonyl (C=O) groups excluding carboxylic acids is 1. The third kappa shape index (κ3) is 2.01. The van der Waals surface area contributed by atoms with Crippen LogP contribution in [0.15, 0.2) is 5.38 Å². The van der Waals surface area contributed by atoms with Crippen molar-refractivity contribution in [2.75, 3.05) is 6.61 Å². The van der Waals surface area contributed by atoms with E-state index in [1.807, 2.05) is 0 Å². The zero-order chi connectivity index (χ0) is 8.27. The van der Waals surface area contributed by atoms with Gasteiger partial charge in [-0.2, -0.15) is 0 Å². The van der Waals surface area contributed by atoms with Gasteiger partial charge >= 0.3 is 5.97 Å². The fourth-order valence-electron chi connectivity index (χ4n) is 0.586. The molecule has 0 fully saturated rings. The van der Waals surface area contributed by atoms with Crippen LogP contribution in [-0.4, -0.2) is 17.6 Å². The van der Waals surface area contributed by atoms with E-state index in [-0.39, 0.29) is 5.69 Å². The van der Waals surface area contributed by atoms with Gasteiger partial charge in [0.15, 0.2) is 5.69 Å². The van der Waals surface area contributed by atoms with Crippen molar-refractivity contribution in [2.45, 2.75) is 6.92 Å². The molecule has 0 unspecified atom stereocenters. The van der Waals surface area contributed by atoms with E-state index in [4.69, 9.17) is 11.7 Å². The third-order valence-electron chi connectivity index (χ3n) is 1.01. The lowest BCUT2D eigenvalue weighted by Crippen LogP contribution is -2.04. The Kier molecular flexibility index (Phi) is 2.59. The highest BCUT2D eigenvalue weighted by Crippen LogP contribution is 2.08. The molecule has 1 aromatic heterocycles. The van der Waals surface area contributed by atoms with Crippen LogP contribution in [-0.2, 0) is 4.74 Å². The van der Waals surface area contributed by atoms with Crippen LogP contribution < -0.4 is 0 Å². The Hall–Kier alpha value is -0.900. The zero-order valence-electron chi connectivity index (χ0n) is 6.03. The number of hydrogen-bond acceptors (Lipinski definition) is 4. The Labute approximate surface area is 69.0 Å². The summed E-state index contributed by atoms with van der Waals surface area (Å²) in [5.74, 6) is -0.416. The normalized spacial score (nSPS) is 9.64. The molecule has 1 rings (SSSR count). The van der Waals surface area contributed by atoms with Crippen LogP contribution in [0.5, 0.6) is 0 Å². The second kappa shape index (κ2) is 3.48. The number of rotatable bonds is 2. The highest BCUT2D eigenvalue weighted by Gasteiger charge is 2.08. The van der Waals surface area contributed by atoms with Gasteiger partial charge in [-0.1, -0.05) is 0 Å². The topological polar surface area (TPSA) is 39.2 Å². The van der Waals surface area contributed by atoms with Crippen LogP contribution in [0.3, 0.4) is 0 Å². The van der Waals surface area contributed by atoms with Gasteiger partial charge in [-0.05, 0) is 6.92 Å². The van der Waals surface area contributed by atoms with Crippen molar-refractivity contribution in [2.24, 2.45) is 0 Å². The van der Waals surface area contributed by atoms with Crippen molar-refractivity contribution < 1.29 is 9.53 Å². The lowest BCUT2D eigenvalue weighted by Gasteiger charge is -1.95. The molecule has 11 heavy (non-hydrogen) atoms. The molecule has 0 saturated carbocycles. The molecule has 0 aliphatic carbocycles. The second-order valence-corrected chi connectivity index (χ2v) is 2.68. The van der Waals surface area contributed by atoms with Gasteiger partial charge in [0.1, 0.15) is 0 Å². The number of esters is 1. The first-order valence-electron chi connectivity index (χ1n) is 3.12. The fraction of sp³-hybridized carbons (Fsp3) is 0.286.